The van der Waals surface area contributed by atoms with E-state index in [4.69, 9.17) is 0 Å². The fraction of sp³-hybridized carbons (Fsp3) is 0.450. The van der Waals surface area contributed by atoms with Crippen molar-refractivity contribution < 1.29 is 4.79 Å². The van der Waals surface area contributed by atoms with Crippen LogP contribution >= 0.6 is 11.3 Å². The van der Waals surface area contributed by atoms with Crippen LogP contribution in [0.2, 0.25) is 0 Å². The average molecular weight is 358 g/mol. The predicted molar refractivity (Wildman–Crippen MR) is 104 cm³/mol. The Morgan fingerprint density at radius 1 is 1.08 bits per heavy atom. The Balaban J connectivity index is 1.44. The van der Waals surface area contributed by atoms with Crippen molar-refractivity contribution in [3.63, 3.8) is 0 Å². The number of carbonyl (C=O) groups is 1. The van der Waals surface area contributed by atoms with Crippen molar-refractivity contribution in [2.24, 2.45) is 0 Å². The molecule has 1 aliphatic rings. The van der Waals surface area contributed by atoms with Crippen LogP contribution < -0.4 is 0 Å². The second kappa shape index (κ2) is 9.13. The Hall–Kier alpha value is -1.69. The minimum atomic E-state index is 0.262. The van der Waals surface area contributed by atoms with Gasteiger partial charge in [-0.2, -0.15) is 0 Å². The topological polar surface area (TPSA) is 26.8 Å². The molecule has 0 radical (unpaired) electrons. The molecular formula is C20H27N3OS. The Labute approximate surface area is 154 Å². The van der Waals surface area contributed by atoms with Crippen molar-refractivity contribution in [2.75, 3.05) is 39.3 Å². The van der Waals surface area contributed by atoms with Crippen LogP contribution in [0.1, 0.15) is 17.4 Å². The van der Waals surface area contributed by atoms with Gasteiger partial charge in [-0.25, -0.2) is 0 Å². The number of carbonyl (C=O) groups excluding carboxylic acids is 1. The molecule has 1 saturated heterocycles. The summed E-state index contributed by atoms with van der Waals surface area (Å²) < 4.78 is 0. The number of rotatable bonds is 7. The zero-order chi connectivity index (χ0) is 17.5. The highest BCUT2D eigenvalue weighted by Gasteiger charge is 2.22. The summed E-state index contributed by atoms with van der Waals surface area (Å²) in [7, 11) is 0. The largest absolute Gasteiger partial charge is 0.339 e. The molecule has 25 heavy (non-hydrogen) atoms. The number of thiophene rings is 1. The number of benzene rings is 1. The third-order valence-electron chi connectivity index (χ3n) is 4.74. The molecule has 1 amide bonds. The Bertz CT molecular complexity index is 636. The highest BCUT2D eigenvalue weighted by molar-refractivity contribution is 7.09. The van der Waals surface area contributed by atoms with Gasteiger partial charge in [0.15, 0.2) is 0 Å². The summed E-state index contributed by atoms with van der Waals surface area (Å²) in [6, 6.07) is 14.8. The molecule has 5 heteroatoms. The molecule has 1 aliphatic heterocycles. The molecule has 3 rings (SSSR count). The molecule has 1 aromatic heterocycles. The molecule has 0 saturated carbocycles. The van der Waals surface area contributed by atoms with Gasteiger partial charge in [-0.3, -0.25) is 14.6 Å². The first-order valence-corrected chi connectivity index (χ1v) is 9.91. The van der Waals surface area contributed by atoms with Gasteiger partial charge < -0.3 is 4.90 Å². The summed E-state index contributed by atoms with van der Waals surface area (Å²) in [5.41, 5.74) is 1.34. The van der Waals surface area contributed by atoms with Gasteiger partial charge in [-0.15, -0.1) is 11.3 Å². The molecule has 0 N–H and O–H groups in total. The number of hydrogen-bond donors (Lipinski definition) is 0. The predicted octanol–water partition coefficient (Wildman–Crippen LogP) is 2.91. The van der Waals surface area contributed by atoms with E-state index in [0.29, 0.717) is 6.54 Å². The first-order valence-electron chi connectivity index (χ1n) is 9.03. The maximum Gasteiger partial charge on any atom is 0.236 e. The second-order valence-electron chi connectivity index (χ2n) is 6.53. The zero-order valence-corrected chi connectivity index (χ0v) is 15.8. The highest BCUT2D eigenvalue weighted by atomic mass is 32.1. The maximum absolute atomic E-state index is 12.6. The summed E-state index contributed by atoms with van der Waals surface area (Å²) in [5.74, 6) is 0.262. The average Bonchev–Trinajstić information content (AvgIpc) is 3.15. The van der Waals surface area contributed by atoms with Gasteiger partial charge in [0.05, 0.1) is 6.54 Å². The van der Waals surface area contributed by atoms with Crippen molar-refractivity contribution in [1.29, 1.82) is 0 Å². The smallest absolute Gasteiger partial charge is 0.236 e. The summed E-state index contributed by atoms with van der Waals surface area (Å²) in [5, 5.41) is 2.09. The van der Waals surface area contributed by atoms with Gasteiger partial charge in [-0.05, 0) is 23.6 Å². The van der Waals surface area contributed by atoms with Gasteiger partial charge in [-0.1, -0.05) is 43.3 Å². The van der Waals surface area contributed by atoms with Crippen LogP contribution in [0.25, 0.3) is 0 Å². The number of piperazine rings is 1. The van der Waals surface area contributed by atoms with Gasteiger partial charge >= 0.3 is 0 Å². The van der Waals surface area contributed by atoms with Crippen LogP contribution in [0.5, 0.6) is 0 Å². The normalized spacial score (nSPS) is 15.7. The van der Waals surface area contributed by atoms with Crippen molar-refractivity contribution in [1.82, 2.24) is 14.7 Å². The van der Waals surface area contributed by atoms with Gasteiger partial charge in [0, 0.05) is 44.1 Å². The SMILES string of the molecule is CCN(CC(=O)N1CCN(Cc2ccccc2)CC1)Cc1cccs1. The molecule has 134 valence electrons. The van der Waals surface area contributed by atoms with Crippen molar-refractivity contribution >= 4 is 17.2 Å². The fourth-order valence-electron chi connectivity index (χ4n) is 3.19. The van der Waals surface area contributed by atoms with E-state index in [1.165, 1.54) is 10.4 Å². The molecule has 2 aromatic rings. The molecule has 1 fully saturated rings. The minimum absolute atomic E-state index is 0.262. The van der Waals surface area contributed by atoms with E-state index < -0.39 is 0 Å². The third kappa shape index (κ3) is 5.39. The molecular weight excluding hydrogens is 330 g/mol. The Morgan fingerprint density at radius 3 is 2.48 bits per heavy atom. The van der Waals surface area contributed by atoms with Crippen molar-refractivity contribution in [3.8, 4) is 0 Å². The monoisotopic (exact) mass is 357 g/mol. The molecule has 0 bridgehead atoms. The van der Waals surface area contributed by atoms with E-state index in [1.807, 2.05) is 4.90 Å². The molecule has 2 heterocycles. The number of amides is 1. The van der Waals surface area contributed by atoms with E-state index in [1.54, 1.807) is 11.3 Å². The molecule has 4 nitrogen and oxygen atoms in total. The first kappa shape index (κ1) is 18.1. The number of nitrogens with zero attached hydrogens (tertiary/aromatic N) is 3. The number of hydrogen-bond acceptors (Lipinski definition) is 4. The van der Waals surface area contributed by atoms with Crippen molar-refractivity contribution in [3.05, 3.63) is 58.3 Å². The zero-order valence-electron chi connectivity index (χ0n) is 14.9. The number of likely N-dealkylation sites (N-methyl/N-ethyl adjacent to an activating group) is 1. The van der Waals surface area contributed by atoms with Crippen LogP contribution in [0.3, 0.4) is 0 Å². The lowest BCUT2D eigenvalue weighted by atomic mass is 10.2. The van der Waals surface area contributed by atoms with E-state index in [-0.39, 0.29) is 5.91 Å². The van der Waals surface area contributed by atoms with Crippen molar-refractivity contribution in [2.45, 2.75) is 20.0 Å². The second-order valence-corrected chi connectivity index (χ2v) is 7.56. The van der Waals surface area contributed by atoms with Crippen LogP contribution in [-0.4, -0.2) is 59.9 Å². The lowest BCUT2D eigenvalue weighted by Crippen LogP contribution is -2.50. The van der Waals surface area contributed by atoms with Crippen LogP contribution in [0, 0.1) is 0 Å². The lowest BCUT2D eigenvalue weighted by molar-refractivity contribution is -0.134. The summed E-state index contributed by atoms with van der Waals surface area (Å²) in [4.78, 5) is 20.6. The molecule has 0 aliphatic carbocycles. The maximum atomic E-state index is 12.6. The van der Waals surface area contributed by atoms with E-state index in [0.717, 1.165) is 45.8 Å². The van der Waals surface area contributed by atoms with Crippen LogP contribution in [-0.2, 0) is 17.9 Å². The highest BCUT2D eigenvalue weighted by Crippen LogP contribution is 2.13. The Kier molecular flexibility index (Phi) is 6.62. The van der Waals surface area contributed by atoms with Crippen LogP contribution in [0.4, 0.5) is 0 Å². The standard InChI is InChI=1S/C20H27N3OS/c1-2-21(16-19-9-6-14-25-19)17-20(24)23-12-10-22(11-13-23)15-18-7-4-3-5-8-18/h3-9,14H,2,10-13,15-17H2,1H3. The van der Waals surface area contributed by atoms with E-state index in [2.05, 4.69) is 64.6 Å². The molecule has 0 atom stereocenters. The third-order valence-corrected chi connectivity index (χ3v) is 5.60. The summed E-state index contributed by atoms with van der Waals surface area (Å²) in [6.07, 6.45) is 0. The van der Waals surface area contributed by atoms with E-state index in [9.17, 15) is 4.79 Å². The van der Waals surface area contributed by atoms with Crippen LogP contribution in [0.15, 0.2) is 47.8 Å². The summed E-state index contributed by atoms with van der Waals surface area (Å²) in [6.45, 7) is 8.97. The minimum Gasteiger partial charge on any atom is -0.339 e. The lowest BCUT2D eigenvalue weighted by Gasteiger charge is -2.35. The van der Waals surface area contributed by atoms with Gasteiger partial charge in [0.25, 0.3) is 0 Å². The quantitative estimate of drug-likeness (QED) is 0.762. The van der Waals surface area contributed by atoms with E-state index >= 15 is 0 Å². The first-order chi connectivity index (χ1) is 12.2. The fourth-order valence-corrected chi connectivity index (χ4v) is 3.94. The molecule has 0 spiro atoms. The Morgan fingerprint density at radius 2 is 1.84 bits per heavy atom. The molecule has 0 unspecified atom stereocenters. The van der Waals surface area contributed by atoms with Gasteiger partial charge in [0.1, 0.15) is 0 Å². The molecule has 1 aromatic carbocycles. The summed E-state index contributed by atoms with van der Waals surface area (Å²) >= 11 is 1.76. The van der Waals surface area contributed by atoms with Gasteiger partial charge in [0.2, 0.25) is 5.91 Å².